The molecule has 2 rings (SSSR count). The van der Waals surface area contributed by atoms with Crippen molar-refractivity contribution in [1.82, 2.24) is 10.2 Å². The topological polar surface area (TPSA) is 69.6 Å². The van der Waals surface area contributed by atoms with Crippen molar-refractivity contribution in [1.29, 1.82) is 0 Å². The van der Waals surface area contributed by atoms with Crippen LogP contribution in [0, 0.1) is 0 Å². The summed E-state index contributed by atoms with van der Waals surface area (Å²) in [6.45, 7) is 2.53. The molecule has 1 unspecified atom stereocenters. The first-order valence-corrected chi connectivity index (χ1v) is 8.93. The molecule has 0 aromatic heterocycles. The number of carbonyl (C=O) groups is 2. The number of aliphatic hydroxyl groups excluding tert-OH is 1. The smallest absolute Gasteiger partial charge is 0.253 e. The van der Waals surface area contributed by atoms with Gasteiger partial charge in [-0.25, -0.2) is 0 Å². The first-order chi connectivity index (χ1) is 12.6. The average Bonchev–Trinajstić information content (AvgIpc) is 2.66. The number of benzene rings is 2. The summed E-state index contributed by atoms with van der Waals surface area (Å²) in [6.07, 6.45) is 0.105. The monoisotopic (exact) mass is 374 g/mol. The summed E-state index contributed by atoms with van der Waals surface area (Å²) in [4.78, 5) is 26.8. The zero-order chi connectivity index (χ0) is 18.9. The number of nitrogens with zero attached hydrogens (tertiary/aromatic N) is 1. The van der Waals surface area contributed by atoms with E-state index >= 15 is 0 Å². The van der Waals surface area contributed by atoms with Gasteiger partial charge >= 0.3 is 0 Å². The Balaban J connectivity index is 2.21. The van der Waals surface area contributed by atoms with Crippen LogP contribution in [0.3, 0.4) is 0 Å². The van der Waals surface area contributed by atoms with Crippen molar-refractivity contribution in [2.24, 2.45) is 0 Å². The van der Waals surface area contributed by atoms with Crippen LogP contribution in [0.4, 0.5) is 0 Å². The van der Waals surface area contributed by atoms with Crippen LogP contribution in [-0.2, 0) is 4.79 Å². The number of rotatable bonds is 8. The number of likely N-dealkylation sites (N-methyl/N-ethyl adjacent to an activating group) is 1. The van der Waals surface area contributed by atoms with E-state index in [0.29, 0.717) is 17.1 Å². The zero-order valence-electron chi connectivity index (χ0n) is 14.7. The van der Waals surface area contributed by atoms with Gasteiger partial charge in [-0.3, -0.25) is 9.59 Å². The Hall–Kier alpha value is -2.37. The fourth-order valence-corrected chi connectivity index (χ4v) is 2.92. The van der Waals surface area contributed by atoms with Crippen LogP contribution in [0.1, 0.15) is 35.3 Å². The molecule has 0 fully saturated rings. The third kappa shape index (κ3) is 5.31. The van der Waals surface area contributed by atoms with E-state index in [-0.39, 0.29) is 31.4 Å². The van der Waals surface area contributed by atoms with E-state index < -0.39 is 6.04 Å². The number of hydrogen-bond donors (Lipinski definition) is 2. The highest BCUT2D eigenvalue weighted by atomic mass is 35.5. The molecule has 0 saturated carbocycles. The lowest BCUT2D eigenvalue weighted by Gasteiger charge is -2.24. The molecular weight excluding hydrogens is 352 g/mol. The third-order valence-electron chi connectivity index (χ3n) is 4.11. The molecule has 2 aromatic rings. The Bertz CT molecular complexity index is 737. The first kappa shape index (κ1) is 19.9. The van der Waals surface area contributed by atoms with Crippen molar-refractivity contribution in [2.45, 2.75) is 19.4 Å². The van der Waals surface area contributed by atoms with E-state index in [1.807, 2.05) is 37.3 Å². The van der Waals surface area contributed by atoms with Crippen molar-refractivity contribution in [3.63, 3.8) is 0 Å². The molecule has 2 amide bonds. The van der Waals surface area contributed by atoms with Gasteiger partial charge in [0.1, 0.15) is 0 Å². The number of carbonyl (C=O) groups excluding carboxylic acids is 2. The average molecular weight is 375 g/mol. The van der Waals surface area contributed by atoms with Crippen molar-refractivity contribution in [2.75, 3.05) is 19.7 Å². The molecule has 2 N–H and O–H groups in total. The Morgan fingerprint density at radius 3 is 2.38 bits per heavy atom. The molecule has 6 heteroatoms. The number of hydrogen-bond acceptors (Lipinski definition) is 3. The third-order valence-corrected chi connectivity index (χ3v) is 4.44. The predicted molar refractivity (Wildman–Crippen MR) is 102 cm³/mol. The summed E-state index contributed by atoms with van der Waals surface area (Å²) in [7, 11) is 0. The van der Waals surface area contributed by atoms with Crippen LogP contribution in [-0.4, -0.2) is 41.5 Å². The van der Waals surface area contributed by atoms with Crippen LogP contribution >= 0.6 is 11.6 Å². The lowest BCUT2D eigenvalue weighted by molar-refractivity contribution is -0.132. The van der Waals surface area contributed by atoms with Gasteiger partial charge in [-0.15, -0.1) is 0 Å². The van der Waals surface area contributed by atoms with Gasteiger partial charge in [0.15, 0.2) is 0 Å². The van der Waals surface area contributed by atoms with Gasteiger partial charge in [0.2, 0.25) is 5.91 Å². The largest absolute Gasteiger partial charge is 0.395 e. The molecule has 0 bridgehead atoms. The number of amides is 2. The molecule has 138 valence electrons. The predicted octanol–water partition coefficient (Wildman–Crippen LogP) is 3.04. The van der Waals surface area contributed by atoms with Crippen LogP contribution in [0.2, 0.25) is 5.02 Å². The molecule has 0 spiro atoms. The zero-order valence-corrected chi connectivity index (χ0v) is 15.4. The van der Waals surface area contributed by atoms with Crippen LogP contribution in [0.25, 0.3) is 0 Å². The fourth-order valence-electron chi connectivity index (χ4n) is 2.70. The van der Waals surface area contributed by atoms with Crippen molar-refractivity contribution < 1.29 is 14.7 Å². The summed E-state index contributed by atoms with van der Waals surface area (Å²) in [5.74, 6) is -0.461. The highest BCUT2D eigenvalue weighted by molar-refractivity contribution is 6.33. The molecule has 26 heavy (non-hydrogen) atoms. The van der Waals surface area contributed by atoms with Crippen LogP contribution < -0.4 is 5.32 Å². The highest BCUT2D eigenvalue weighted by Crippen LogP contribution is 2.21. The summed E-state index contributed by atoms with van der Waals surface area (Å²) in [6, 6.07) is 15.6. The van der Waals surface area contributed by atoms with Gasteiger partial charge in [0.05, 0.1) is 29.7 Å². The lowest BCUT2D eigenvalue weighted by Crippen LogP contribution is -2.37. The summed E-state index contributed by atoms with van der Waals surface area (Å²) in [5, 5.41) is 12.4. The van der Waals surface area contributed by atoms with Crippen molar-refractivity contribution in [3.8, 4) is 0 Å². The highest BCUT2D eigenvalue weighted by Gasteiger charge is 2.22. The number of aliphatic hydroxyl groups is 1. The SMILES string of the molecule is CCN(CCO)C(=O)CC(NC(=O)c1ccccc1Cl)c1ccccc1. The molecule has 0 aliphatic heterocycles. The summed E-state index contributed by atoms with van der Waals surface area (Å²) < 4.78 is 0. The molecule has 0 saturated heterocycles. The van der Waals surface area contributed by atoms with E-state index in [1.165, 1.54) is 0 Å². The Morgan fingerprint density at radius 1 is 1.12 bits per heavy atom. The van der Waals surface area contributed by atoms with Gasteiger partial charge in [-0.05, 0) is 24.6 Å². The maximum atomic E-state index is 12.6. The van der Waals surface area contributed by atoms with E-state index in [1.54, 1.807) is 29.2 Å². The Morgan fingerprint density at radius 2 is 1.77 bits per heavy atom. The van der Waals surface area contributed by atoms with Crippen molar-refractivity contribution in [3.05, 3.63) is 70.7 Å². The molecule has 0 aliphatic rings. The molecule has 0 heterocycles. The minimum absolute atomic E-state index is 0.0957. The molecule has 5 nitrogen and oxygen atoms in total. The number of halogens is 1. The van der Waals surface area contributed by atoms with Gasteiger partial charge in [-0.1, -0.05) is 54.1 Å². The molecule has 0 aliphatic carbocycles. The standard InChI is InChI=1S/C20H23ClN2O3/c1-2-23(12-13-24)19(25)14-18(15-8-4-3-5-9-15)22-20(26)16-10-6-7-11-17(16)21/h3-11,18,24H,2,12-14H2,1H3,(H,22,26). The van der Waals surface area contributed by atoms with Gasteiger partial charge in [0.25, 0.3) is 5.91 Å². The van der Waals surface area contributed by atoms with Gasteiger partial charge in [0, 0.05) is 13.1 Å². The maximum absolute atomic E-state index is 12.6. The second-order valence-corrected chi connectivity index (χ2v) is 6.22. The Kier molecular flexibility index (Phi) is 7.63. The van der Waals surface area contributed by atoms with E-state index in [0.717, 1.165) is 5.56 Å². The summed E-state index contributed by atoms with van der Waals surface area (Å²) >= 11 is 6.10. The minimum Gasteiger partial charge on any atom is -0.395 e. The quantitative estimate of drug-likeness (QED) is 0.746. The molecule has 1 atom stereocenters. The summed E-state index contributed by atoms with van der Waals surface area (Å²) in [5.41, 5.74) is 1.20. The van der Waals surface area contributed by atoms with E-state index in [4.69, 9.17) is 16.7 Å². The maximum Gasteiger partial charge on any atom is 0.253 e. The minimum atomic E-state index is -0.486. The van der Waals surface area contributed by atoms with Crippen molar-refractivity contribution >= 4 is 23.4 Å². The molecule has 2 aromatic carbocycles. The van der Waals surface area contributed by atoms with E-state index in [2.05, 4.69) is 5.32 Å². The van der Waals surface area contributed by atoms with E-state index in [9.17, 15) is 9.59 Å². The van der Waals surface area contributed by atoms with Crippen LogP contribution in [0.15, 0.2) is 54.6 Å². The second kappa shape index (κ2) is 9.94. The van der Waals surface area contributed by atoms with Crippen LogP contribution in [0.5, 0.6) is 0 Å². The lowest BCUT2D eigenvalue weighted by atomic mass is 10.0. The second-order valence-electron chi connectivity index (χ2n) is 5.82. The number of nitrogens with one attached hydrogen (secondary N) is 1. The molecular formula is C20H23ClN2O3. The normalized spacial score (nSPS) is 11.7. The van der Waals surface area contributed by atoms with Gasteiger partial charge in [-0.2, -0.15) is 0 Å². The fraction of sp³-hybridized carbons (Fsp3) is 0.300. The van der Waals surface area contributed by atoms with Gasteiger partial charge < -0.3 is 15.3 Å². The Labute approximate surface area is 158 Å². The first-order valence-electron chi connectivity index (χ1n) is 8.55. The molecule has 0 radical (unpaired) electrons.